The summed E-state index contributed by atoms with van der Waals surface area (Å²) in [6.45, 7) is 33.5. The third kappa shape index (κ3) is 8.27. The standard InChI is InChI=1S/C70H75BN2/c1-45(2)49-38-63-65-64(39-49)73(60-34-32-52(67(6,7)8)41-55(60)48-26-21-25-47(37-48)46-23-17-15-18-24-46)62-44-57-56(68(9,10)35-36-69(57,11)12)43-59(62)71(65)58-33-31-53(70(13,14)50-27-19-16-20-28-50)42-61(58)72(63)54-30-22-29-51(40-54)66(3,4)5/h15-34,37-45H,35-36H2,1-14H3. The second-order valence-electron chi connectivity index (χ2n) is 25.9. The molecule has 8 aromatic rings. The van der Waals surface area contributed by atoms with Crippen molar-refractivity contribution in [1.29, 1.82) is 0 Å². The molecule has 0 saturated heterocycles. The van der Waals surface area contributed by atoms with Crippen LogP contribution >= 0.6 is 0 Å². The van der Waals surface area contributed by atoms with E-state index in [4.69, 9.17) is 0 Å². The minimum Gasteiger partial charge on any atom is -0.311 e. The van der Waals surface area contributed by atoms with Crippen LogP contribution in [0.3, 0.4) is 0 Å². The Labute approximate surface area is 438 Å². The largest absolute Gasteiger partial charge is 0.311 e. The van der Waals surface area contributed by atoms with Crippen LogP contribution in [0.4, 0.5) is 34.1 Å². The molecule has 0 bridgehead atoms. The summed E-state index contributed by atoms with van der Waals surface area (Å²) in [6.07, 6.45) is 2.30. The smallest absolute Gasteiger partial charge is 0.252 e. The summed E-state index contributed by atoms with van der Waals surface area (Å²) >= 11 is 0. The first-order chi connectivity index (χ1) is 34.5. The summed E-state index contributed by atoms with van der Waals surface area (Å²) in [7, 11) is 0. The summed E-state index contributed by atoms with van der Waals surface area (Å²) in [6, 6.07) is 66.0. The van der Waals surface area contributed by atoms with Gasteiger partial charge in [-0.15, -0.1) is 0 Å². The van der Waals surface area contributed by atoms with E-state index in [1.54, 1.807) is 0 Å². The Morgan fingerprint density at radius 2 is 0.973 bits per heavy atom. The van der Waals surface area contributed by atoms with Gasteiger partial charge in [0.25, 0.3) is 6.71 Å². The normalized spacial score (nSPS) is 15.7. The van der Waals surface area contributed by atoms with Crippen LogP contribution < -0.4 is 26.2 Å². The van der Waals surface area contributed by atoms with Gasteiger partial charge in [0.1, 0.15) is 0 Å². The van der Waals surface area contributed by atoms with Crippen molar-refractivity contribution in [1.82, 2.24) is 0 Å². The number of anilines is 6. The molecule has 2 aliphatic heterocycles. The molecule has 8 aromatic carbocycles. The first-order valence-electron chi connectivity index (χ1n) is 27.1. The highest BCUT2D eigenvalue weighted by Crippen LogP contribution is 2.53. The Hall–Kier alpha value is -6.58. The number of fused-ring (bicyclic) bond motifs is 5. The van der Waals surface area contributed by atoms with Crippen LogP contribution in [0.15, 0.2) is 170 Å². The van der Waals surface area contributed by atoms with Gasteiger partial charge in [-0.3, -0.25) is 0 Å². The van der Waals surface area contributed by atoms with E-state index < -0.39 is 0 Å². The van der Waals surface area contributed by atoms with Gasteiger partial charge in [0.2, 0.25) is 0 Å². The van der Waals surface area contributed by atoms with Gasteiger partial charge in [0, 0.05) is 39.4 Å². The lowest BCUT2D eigenvalue weighted by Crippen LogP contribution is -2.62. The summed E-state index contributed by atoms with van der Waals surface area (Å²) in [5.74, 6) is 0.282. The minimum atomic E-state index is -0.232. The maximum Gasteiger partial charge on any atom is 0.252 e. The van der Waals surface area contributed by atoms with Gasteiger partial charge in [-0.1, -0.05) is 212 Å². The van der Waals surface area contributed by atoms with Crippen LogP contribution in [-0.4, -0.2) is 6.71 Å². The van der Waals surface area contributed by atoms with Crippen LogP contribution in [0.1, 0.15) is 155 Å². The van der Waals surface area contributed by atoms with E-state index in [-0.39, 0.29) is 39.7 Å². The van der Waals surface area contributed by atoms with Crippen LogP contribution in [0, 0.1) is 0 Å². The predicted octanol–water partition coefficient (Wildman–Crippen LogP) is 17.5. The lowest BCUT2D eigenvalue weighted by molar-refractivity contribution is 0.332. The molecule has 2 nitrogen and oxygen atoms in total. The Balaban J connectivity index is 1.27. The molecule has 0 N–H and O–H groups in total. The lowest BCUT2D eigenvalue weighted by atomic mass is 9.33. The average molecular weight is 955 g/mol. The highest BCUT2D eigenvalue weighted by Gasteiger charge is 2.47. The zero-order chi connectivity index (χ0) is 51.6. The van der Waals surface area contributed by atoms with E-state index in [1.807, 2.05) is 0 Å². The zero-order valence-electron chi connectivity index (χ0n) is 46.1. The van der Waals surface area contributed by atoms with Gasteiger partial charge in [-0.2, -0.15) is 0 Å². The SMILES string of the molecule is CC(C)c1cc2c3c(c1)N(c1ccc(C(C)(C)C)cc1-c1cccc(-c4ccccc4)c1)c1cc4c(cc1B3c1ccc(C(C)(C)c3ccccc3)cc1N2c1cccc(C(C)(C)C)c1)C(C)(C)CCC4(C)C. The fourth-order valence-corrected chi connectivity index (χ4v) is 12.4. The second kappa shape index (κ2) is 17.3. The molecule has 0 atom stereocenters. The van der Waals surface area contributed by atoms with Gasteiger partial charge in [0.15, 0.2) is 0 Å². The Bertz CT molecular complexity index is 3430. The van der Waals surface area contributed by atoms with Gasteiger partial charge in [-0.25, -0.2) is 0 Å². The average Bonchev–Trinajstić information content (AvgIpc) is 3.38. The molecule has 0 amide bonds. The van der Waals surface area contributed by atoms with Crippen LogP contribution in [0.2, 0.25) is 0 Å². The molecule has 11 rings (SSSR count). The van der Waals surface area contributed by atoms with Gasteiger partial charge < -0.3 is 9.80 Å². The molecule has 0 spiro atoms. The van der Waals surface area contributed by atoms with E-state index >= 15 is 0 Å². The third-order valence-electron chi connectivity index (χ3n) is 17.3. The van der Waals surface area contributed by atoms with E-state index in [1.165, 1.54) is 112 Å². The molecule has 0 unspecified atom stereocenters. The Morgan fingerprint density at radius 3 is 1.63 bits per heavy atom. The van der Waals surface area contributed by atoms with Crippen molar-refractivity contribution in [3.05, 3.63) is 209 Å². The molecular formula is C70H75BN2. The Morgan fingerprint density at radius 1 is 0.425 bits per heavy atom. The number of nitrogens with zero attached hydrogens (tertiary/aromatic N) is 2. The molecule has 0 radical (unpaired) electrons. The monoisotopic (exact) mass is 955 g/mol. The Kier molecular flexibility index (Phi) is 11.5. The predicted molar refractivity (Wildman–Crippen MR) is 317 cm³/mol. The third-order valence-corrected chi connectivity index (χ3v) is 17.3. The van der Waals surface area contributed by atoms with Crippen molar-refractivity contribution in [3.8, 4) is 22.3 Å². The van der Waals surface area contributed by atoms with Crippen molar-refractivity contribution >= 4 is 57.2 Å². The summed E-state index contributed by atoms with van der Waals surface area (Å²) in [5, 5.41) is 0. The molecule has 368 valence electrons. The summed E-state index contributed by atoms with van der Waals surface area (Å²) in [4.78, 5) is 5.37. The highest BCUT2D eigenvalue weighted by molar-refractivity contribution is 7.00. The van der Waals surface area contributed by atoms with Crippen molar-refractivity contribution in [2.24, 2.45) is 0 Å². The first-order valence-corrected chi connectivity index (χ1v) is 27.1. The molecule has 0 fully saturated rings. The quantitative estimate of drug-likeness (QED) is 0.147. The minimum absolute atomic E-state index is 0.00626. The lowest BCUT2D eigenvalue weighted by Gasteiger charge is -2.48. The second-order valence-corrected chi connectivity index (χ2v) is 25.9. The fraction of sp³-hybridized carbons (Fsp3) is 0.314. The molecule has 2 heterocycles. The maximum absolute atomic E-state index is 2.72. The zero-order valence-corrected chi connectivity index (χ0v) is 46.1. The van der Waals surface area contributed by atoms with Gasteiger partial charge in [-0.05, 0) is 167 Å². The van der Waals surface area contributed by atoms with Crippen LogP contribution in [-0.2, 0) is 27.1 Å². The van der Waals surface area contributed by atoms with E-state index in [2.05, 4.69) is 277 Å². The topological polar surface area (TPSA) is 6.48 Å². The van der Waals surface area contributed by atoms with Gasteiger partial charge in [0.05, 0.1) is 5.69 Å². The van der Waals surface area contributed by atoms with Gasteiger partial charge >= 0.3 is 0 Å². The molecule has 1 aliphatic carbocycles. The fourth-order valence-electron chi connectivity index (χ4n) is 12.4. The number of hydrogen-bond acceptors (Lipinski definition) is 2. The number of benzene rings is 8. The van der Waals surface area contributed by atoms with Crippen LogP contribution in [0.5, 0.6) is 0 Å². The number of hydrogen-bond donors (Lipinski definition) is 0. The van der Waals surface area contributed by atoms with E-state index in [9.17, 15) is 0 Å². The maximum atomic E-state index is 2.72. The molecule has 0 saturated carbocycles. The van der Waals surface area contributed by atoms with Crippen LogP contribution in [0.25, 0.3) is 22.3 Å². The van der Waals surface area contributed by atoms with Crippen molar-refractivity contribution in [2.75, 3.05) is 9.80 Å². The first kappa shape index (κ1) is 48.7. The molecule has 0 aromatic heterocycles. The molecule has 3 heteroatoms. The van der Waals surface area contributed by atoms with E-state index in [0.717, 1.165) is 12.8 Å². The van der Waals surface area contributed by atoms with Crippen molar-refractivity contribution in [3.63, 3.8) is 0 Å². The highest BCUT2D eigenvalue weighted by atomic mass is 15.2. The molecule has 3 aliphatic rings. The van der Waals surface area contributed by atoms with Crippen molar-refractivity contribution in [2.45, 2.75) is 143 Å². The molecular weight excluding hydrogens is 880 g/mol. The molecule has 73 heavy (non-hydrogen) atoms. The number of rotatable bonds is 7. The summed E-state index contributed by atoms with van der Waals surface area (Å²) < 4.78 is 0. The summed E-state index contributed by atoms with van der Waals surface area (Å²) in [5.41, 5.74) is 25.8. The van der Waals surface area contributed by atoms with E-state index in [0.29, 0.717) is 0 Å². The van der Waals surface area contributed by atoms with Crippen molar-refractivity contribution < 1.29 is 0 Å².